The van der Waals surface area contributed by atoms with Crippen LogP contribution in [0.5, 0.6) is 0 Å². The highest BCUT2D eigenvalue weighted by Gasteiger charge is 2.24. The van der Waals surface area contributed by atoms with Crippen molar-refractivity contribution in [2.75, 3.05) is 6.61 Å². The smallest absolute Gasteiger partial charge is 0.339 e. The normalized spacial score (nSPS) is 18.4. The van der Waals surface area contributed by atoms with E-state index in [1.54, 1.807) is 11.3 Å². The molecule has 1 aliphatic carbocycles. The number of hydrogen-bond donors (Lipinski definition) is 1. The maximum atomic E-state index is 12.2. The summed E-state index contributed by atoms with van der Waals surface area (Å²) in [5, 5.41) is 4.71. The van der Waals surface area contributed by atoms with Gasteiger partial charge in [-0.05, 0) is 44.1 Å². The monoisotopic (exact) mass is 323 g/mol. The number of hydrogen-bond acceptors (Lipinski definition) is 4. The molecule has 1 aromatic heterocycles. The molecule has 0 spiro atoms. The summed E-state index contributed by atoms with van der Waals surface area (Å²) < 4.78 is 5.18. The molecule has 0 aromatic carbocycles. The van der Waals surface area contributed by atoms with Crippen LogP contribution in [0.2, 0.25) is 0 Å². The van der Waals surface area contributed by atoms with Crippen molar-refractivity contribution in [3.63, 3.8) is 0 Å². The zero-order valence-corrected chi connectivity index (χ0v) is 14.4. The van der Waals surface area contributed by atoms with Gasteiger partial charge in [0.15, 0.2) is 6.61 Å². The third-order valence-corrected chi connectivity index (χ3v) is 5.14. The van der Waals surface area contributed by atoms with E-state index < -0.39 is 0 Å². The minimum atomic E-state index is -0.370. The molecule has 122 valence electrons. The maximum Gasteiger partial charge on any atom is 0.339 e. The highest BCUT2D eigenvalue weighted by molar-refractivity contribution is 7.10. The minimum absolute atomic E-state index is 0.117. The Bertz CT molecular complexity index is 538. The predicted octanol–water partition coefficient (Wildman–Crippen LogP) is 3.33. The number of ether oxygens (including phenoxy) is 1. The molecular formula is C17H25NO3S. The minimum Gasteiger partial charge on any atom is -0.452 e. The van der Waals surface area contributed by atoms with Crippen molar-refractivity contribution in [1.82, 2.24) is 5.32 Å². The quantitative estimate of drug-likeness (QED) is 0.817. The van der Waals surface area contributed by atoms with E-state index in [0.29, 0.717) is 11.5 Å². The predicted molar refractivity (Wildman–Crippen MR) is 88.3 cm³/mol. The van der Waals surface area contributed by atoms with E-state index in [4.69, 9.17) is 4.74 Å². The van der Waals surface area contributed by atoms with Crippen LogP contribution >= 0.6 is 11.3 Å². The fourth-order valence-electron chi connectivity index (χ4n) is 2.88. The second-order valence-corrected chi connectivity index (χ2v) is 7.20. The first-order valence-electron chi connectivity index (χ1n) is 8.07. The number of amides is 1. The largest absolute Gasteiger partial charge is 0.452 e. The summed E-state index contributed by atoms with van der Waals surface area (Å²) in [5.74, 6) is 0.0817. The van der Waals surface area contributed by atoms with Crippen molar-refractivity contribution in [1.29, 1.82) is 0 Å². The first kappa shape index (κ1) is 17.0. The van der Waals surface area contributed by atoms with Gasteiger partial charge in [0.25, 0.3) is 5.91 Å². The van der Waals surface area contributed by atoms with Gasteiger partial charge in [-0.1, -0.05) is 20.3 Å². The van der Waals surface area contributed by atoms with E-state index in [-0.39, 0.29) is 24.5 Å². The van der Waals surface area contributed by atoms with E-state index in [9.17, 15) is 9.59 Å². The summed E-state index contributed by atoms with van der Waals surface area (Å²) in [6, 6.07) is 0.117. The number of carbonyl (C=O) groups is 2. The van der Waals surface area contributed by atoms with Crippen LogP contribution in [0.25, 0.3) is 0 Å². The summed E-state index contributed by atoms with van der Waals surface area (Å²) in [4.78, 5) is 25.2. The number of rotatable bonds is 6. The van der Waals surface area contributed by atoms with Gasteiger partial charge in [-0.25, -0.2) is 4.79 Å². The van der Waals surface area contributed by atoms with E-state index in [1.807, 2.05) is 12.3 Å². The van der Waals surface area contributed by atoms with Crippen molar-refractivity contribution in [2.45, 2.75) is 58.9 Å². The third-order valence-electron chi connectivity index (χ3n) is 4.09. The fourth-order valence-corrected chi connectivity index (χ4v) is 4.11. The number of carbonyl (C=O) groups excluding carboxylic acids is 2. The standard InChI is InChI=1S/C17H25NO3S/c1-4-5-12(3)18-16(19)9-21-17(20)14-10-22-15-8-11(2)6-7-13(14)15/h10-12H,4-9H2,1-3H3,(H,18,19). The fraction of sp³-hybridized carbons (Fsp3) is 0.647. The molecule has 1 amide bonds. The van der Waals surface area contributed by atoms with Crippen LogP contribution in [0, 0.1) is 5.92 Å². The van der Waals surface area contributed by atoms with Gasteiger partial charge in [0.1, 0.15) is 0 Å². The van der Waals surface area contributed by atoms with Crippen LogP contribution < -0.4 is 5.32 Å². The average Bonchev–Trinajstić information content (AvgIpc) is 2.87. The number of fused-ring (bicyclic) bond motifs is 1. The molecule has 5 heteroatoms. The van der Waals surface area contributed by atoms with Crippen LogP contribution in [0.15, 0.2) is 5.38 Å². The lowest BCUT2D eigenvalue weighted by Gasteiger charge is -2.18. The van der Waals surface area contributed by atoms with Crippen molar-refractivity contribution >= 4 is 23.2 Å². The van der Waals surface area contributed by atoms with Crippen molar-refractivity contribution in [3.05, 3.63) is 21.4 Å². The molecular weight excluding hydrogens is 298 g/mol. The zero-order valence-electron chi connectivity index (χ0n) is 13.6. The van der Waals surface area contributed by atoms with Crippen molar-refractivity contribution < 1.29 is 14.3 Å². The molecule has 2 atom stereocenters. The summed E-state index contributed by atoms with van der Waals surface area (Å²) in [6.45, 7) is 6.07. The molecule has 0 aliphatic heterocycles. The SMILES string of the molecule is CCCC(C)NC(=O)COC(=O)c1csc2c1CCC(C)C2. The Labute approximate surface area is 136 Å². The Morgan fingerprint density at radius 3 is 3.00 bits per heavy atom. The van der Waals surface area contributed by atoms with Gasteiger partial charge < -0.3 is 10.1 Å². The second kappa shape index (κ2) is 7.77. The van der Waals surface area contributed by atoms with Gasteiger partial charge in [0.2, 0.25) is 0 Å². The maximum absolute atomic E-state index is 12.2. The Kier molecular flexibility index (Phi) is 6.00. The van der Waals surface area contributed by atoms with Crippen LogP contribution in [-0.4, -0.2) is 24.5 Å². The highest BCUT2D eigenvalue weighted by Crippen LogP contribution is 2.33. The Morgan fingerprint density at radius 1 is 1.50 bits per heavy atom. The first-order chi connectivity index (χ1) is 10.5. The van der Waals surface area contributed by atoms with Gasteiger partial charge in [-0.15, -0.1) is 11.3 Å². The van der Waals surface area contributed by atoms with Crippen molar-refractivity contribution in [3.8, 4) is 0 Å². The topological polar surface area (TPSA) is 55.4 Å². The molecule has 1 aromatic rings. The second-order valence-electron chi connectivity index (χ2n) is 6.23. The Balaban J connectivity index is 1.87. The molecule has 0 radical (unpaired) electrons. The van der Waals surface area contributed by atoms with Crippen molar-refractivity contribution in [2.24, 2.45) is 5.92 Å². The number of thiophene rings is 1. The van der Waals surface area contributed by atoms with E-state index >= 15 is 0 Å². The third kappa shape index (κ3) is 4.32. The van der Waals surface area contributed by atoms with Crippen LogP contribution in [0.1, 0.15) is 60.8 Å². The summed E-state index contributed by atoms with van der Waals surface area (Å²) in [7, 11) is 0. The number of nitrogens with one attached hydrogen (secondary N) is 1. The van der Waals surface area contributed by atoms with Gasteiger partial charge in [0.05, 0.1) is 5.56 Å². The van der Waals surface area contributed by atoms with Gasteiger partial charge in [-0.3, -0.25) is 4.79 Å². The van der Waals surface area contributed by atoms with Crippen LogP contribution in [0.3, 0.4) is 0 Å². The van der Waals surface area contributed by atoms with E-state index in [2.05, 4.69) is 19.2 Å². The summed E-state index contributed by atoms with van der Waals surface area (Å²) in [6.07, 6.45) is 5.03. The Hall–Kier alpha value is -1.36. The molecule has 2 unspecified atom stereocenters. The average molecular weight is 323 g/mol. The summed E-state index contributed by atoms with van der Waals surface area (Å²) in [5.41, 5.74) is 1.79. The molecule has 0 saturated heterocycles. The highest BCUT2D eigenvalue weighted by atomic mass is 32.1. The number of esters is 1. The first-order valence-corrected chi connectivity index (χ1v) is 8.95. The lowest BCUT2D eigenvalue weighted by atomic mass is 9.88. The molecule has 1 aliphatic rings. The lowest BCUT2D eigenvalue weighted by molar-refractivity contribution is -0.124. The molecule has 0 bridgehead atoms. The van der Waals surface area contributed by atoms with Gasteiger partial charge in [0, 0.05) is 16.3 Å². The van der Waals surface area contributed by atoms with Crippen LogP contribution in [0.4, 0.5) is 0 Å². The molecule has 4 nitrogen and oxygen atoms in total. The molecule has 2 rings (SSSR count). The summed E-state index contributed by atoms with van der Waals surface area (Å²) >= 11 is 1.63. The van der Waals surface area contributed by atoms with E-state index in [0.717, 1.165) is 37.7 Å². The molecule has 1 heterocycles. The lowest BCUT2D eigenvalue weighted by Crippen LogP contribution is -2.35. The zero-order chi connectivity index (χ0) is 16.1. The molecule has 22 heavy (non-hydrogen) atoms. The molecule has 0 fully saturated rings. The Morgan fingerprint density at radius 2 is 2.27 bits per heavy atom. The van der Waals surface area contributed by atoms with Gasteiger partial charge in [-0.2, -0.15) is 0 Å². The van der Waals surface area contributed by atoms with E-state index in [1.165, 1.54) is 4.88 Å². The van der Waals surface area contributed by atoms with Gasteiger partial charge >= 0.3 is 5.97 Å². The van der Waals surface area contributed by atoms with Crippen LogP contribution in [-0.2, 0) is 22.4 Å². The molecule has 1 N–H and O–H groups in total. The molecule has 0 saturated carbocycles.